The highest BCUT2D eigenvalue weighted by atomic mass is 19.1. The molecule has 0 saturated carbocycles. The number of imide groups is 1. The third-order valence-corrected chi connectivity index (χ3v) is 3.67. The van der Waals surface area contributed by atoms with Crippen LogP contribution < -0.4 is 0 Å². The van der Waals surface area contributed by atoms with Crippen molar-refractivity contribution in [3.05, 3.63) is 48.6 Å². The van der Waals surface area contributed by atoms with Gasteiger partial charge in [0.05, 0.1) is 6.54 Å². The van der Waals surface area contributed by atoms with Gasteiger partial charge in [0, 0.05) is 25.1 Å². The van der Waals surface area contributed by atoms with Gasteiger partial charge in [-0.1, -0.05) is 24.3 Å². The predicted octanol–water partition coefficient (Wildman–Crippen LogP) is 1.93. The molecule has 122 valence electrons. The lowest BCUT2D eigenvalue weighted by Crippen LogP contribution is -2.50. The van der Waals surface area contributed by atoms with Gasteiger partial charge in [0.2, 0.25) is 5.67 Å². The second kappa shape index (κ2) is 6.60. The van der Waals surface area contributed by atoms with E-state index in [1.807, 2.05) is 0 Å². The molecule has 0 radical (unpaired) electrons. The zero-order valence-electron chi connectivity index (χ0n) is 12.4. The molecule has 0 aliphatic carbocycles. The monoisotopic (exact) mass is 320 g/mol. The van der Waals surface area contributed by atoms with Crippen molar-refractivity contribution in [3.63, 3.8) is 0 Å². The number of carboxylic acid groups (broad SMARTS) is 1. The Morgan fingerprint density at radius 3 is 2.52 bits per heavy atom. The van der Waals surface area contributed by atoms with Gasteiger partial charge in [-0.3, -0.25) is 14.5 Å². The summed E-state index contributed by atoms with van der Waals surface area (Å²) in [5.74, 6) is -1.68. The van der Waals surface area contributed by atoms with Crippen molar-refractivity contribution in [1.29, 1.82) is 0 Å². The Morgan fingerprint density at radius 1 is 1.30 bits per heavy atom. The van der Waals surface area contributed by atoms with Gasteiger partial charge in [0.1, 0.15) is 0 Å². The Labute approximate surface area is 132 Å². The van der Waals surface area contributed by atoms with Crippen molar-refractivity contribution < 1.29 is 23.9 Å². The average molecular weight is 320 g/mol. The fourth-order valence-electron chi connectivity index (χ4n) is 2.49. The average Bonchev–Trinajstić information content (AvgIpc) is 2.66. The standard InChI is InChI=1S/C16H17FN2O4/c1-2-8-16(17)11-18(15(22)23)9-10-19(14(16)21)13(20)12-6-4-3-5-7-12/h2-7H,1,8-11H2,(H,22,23)/t16-/m0/s1. The molecule has 1 aliphatic rings. The molecule has 0 unspecified atom stereocenters. The fraction of sp³-hybridized carbons (Fsp3) is 0.312. The van der Waals surface area contributed by atoms with Gasteiger partial charge < -0.3 is 10.0 Å². The summed E-state index contributed by atoms with van der Waals surface area (Å²) in [6, 6.07) is 8.01. The summed E-state index contributed by atoms with van der Waals surface area (Å²) >= 11 is 0. The van der Waals surface area contributed by atoms with Crippen LogP contribution in [0.3, 0.4) is 0 Å². The molecular weight excluding hydrogens is 303 g/mol. The summed E-state index contributed by atoms with van der Waals surface area (Å²) in [5, 5.41) is 9.11. The molecule has 23 heavy (non-hydrogen) atoms. The first kappa shape index (κ1) is 16.7. The van der Waals surface area contributed by atoms with Crippen LogP contribution in [-0.4, -0.2) is 58.1 Å². The largest absolute Gasteiger partial charge is 0.465 e. The van der Waals surface area contributed by atoms with E-state index in [1.165, 1.54) is 18.2 Å². The van der Waals surface area contributed by atoms with Crippen molar-refractivity contribution in [1.82, 2.24) is 9.80 Å². The summed E-state index contributed by atoms with van der Waals surface area (Å²) in [5.41, 5.74) is -2.26. The van der Waals surface area contributed by atoms with E-state index >= 15 is 4.39 Å². The fourth-order valence-corrected chi connectivity index (χ4v) is 2.49. The molecule has 7 heteroatoms. The second-order valence-electron chi connectivity index (χ2n) is 5.29. The van der Waals surface area contributed by atoms with Gasteiger partial charge in [-0.15, -0.1) is 6.58 Å². The van der Waals surface area contributed by atoms with Crippen molar-refractivity contribution in [2.75, 3.05) is 19.6 Å². The molecule has 0 bridgehead atoms. The molecule has 1 atom stereocenters. The van der Waals surface area contributed by atoms with Gasteiger partial charge in [0.25, 0.3) is 11.8 Å². The van der Waals surface area contributed by atoms with Gasteiger partial charge in [0.15, 0.2) is 0 Å². The highest BCUT2D eigenvalue weighted by molar-refractivity contribution is 6.07. The Kier molecular flexibility index (Phi) is 4.78. The van der Waals surface area contributed by atoms with Crippen LogP contribution in [0.2, 0.25) is 0 Å². The molecule has 3 amide bonds. The topological polar surface area (TPSA) is 77.9 Å². The van der Waals surface area contributed by atoms with Crippen LogP contribution in [0.15, 0.2) is 43.0 Å². The minimum Gasteiger partial charge on any atom is -0.465 e. The lowest BCUT2D eigenvalue weighted by Gasteiger charge is -2.27. The van der Waals surface area contributed by atoms with Crippen LogP contribution >= 0.6 is 0 Å². The number of carbonyl (C=O) groups is 3. The molecule has 1 aliphatic heterocycles. The number of benzene rings is 1. The third kappa shape index (κ3) is 3.39. The Hall–Kier alpha value is -2.70. The van der Waals surface area contributed by atoms with Gasteiger partial charge in [-0.2, -0.15) is 0 Å². The quantitative estimate of drug-likeness (QED) is 0.682. The molecule has 0 spiro atoms. The molecule has 1 aromatic rings. The maximum absolute atomic E-state index is 15.0. The van der Waals surface area contributed by atoms with Gasteiger partial charge >= 0.3 is 6.09 Å². The van der Waals surface area contributed by atoms with Crippen LogP contribution in [0.1, 0.15) is 16.8 Å². The zero-order valence-corrected chi connectivity index (χ0v) is 12.4. The van der Waals surface area contributed by atoms with Crippen LogP contribution in [0.4, 0.5) is 9.18 Å². The molecule has 1 saturated heterocycles. The van der Waals surface area contributed by atoms with E-state index in [4.69, 9.17) is 5.11 Å². The lowest BCUT2D eigenvalue weighted by atomic mass is 9.99. The molecule has 2 rings (SSSR count). The Bertz CT molecular complexity index is 634. The van der Waals surface area contributed by atoms with E-state index in [1.54, 1.807) is 18.2 Å². The molecule has 0 aromatic heterocycles. The predicted molar refractivity (Wildman–Crippen MR) is 80.7 cm³/mol. The van der Waals surface area contributed by atoms with E-state index < -0.39 is 30.1 Å². The third-order valence-electron chi connectivity index (χ3n) is 3.67. The second-order valence-corrected chi connectivity index (χ2v) is 5.29. The van der Waals surface area contributed by atoms with Crippen LogP contribution in [0, 0.1) is 0 Å². The maximum atomic E-state index is 15.0. The van der Waals surface area contributed by atoms with Crippen molar-refractivity contribution in [3.8, 4) is 0 Å². The number of amides is 3. The van der Waals surface area contributed by atoms with E-state index in [9.17, 15) is 14.4 Å². The van der Waals surface area contributed by atoms with E-state index in [0.717, 1.165) is 9.80 Å². The molecule has 6 nitrogen and oxygen atoms in total. The molecule has 1 fully saturated rings. The van der Waals surface area contributed by atoms with Crippen LogP contribution in [-0.2, 0) is 4.79 Å². The smallest absolute Gasteiger partial charge is 0.407 e. The number of allylic oxidation sites excluding steroid dienone is 1. The molecule has 1 N–H and O–H groups in total. The minimum atomic E-state index is -2.50. The summed E-state index contributed by atoms with van der Waals surface area (Å²) in [6.45, 7) is 2.45. The maximum Gasteiger partial charge on any atom is 0.407 e. The lowest BCUT2D eigenvalue weighted by molar-refractivity contribution is -0.140. The van der Waals surface area contributed by atoms with Crippen LogP contribution in [0.5, 0.6) is 0 Å². The molecule has 1 aromatic carbocycles. The SMILES string of the molecule is C=CC[C@]1(F)CN(C(=O)O)CCN(C(=O)c2ccccc2)C1=O. The van der Waals surface area contributed by atoms with Crippen LogP contribution in [0.25, 0.3) is 0 Å². The first-order valence-corrected chi connectivity index (χ1v) is 7.08. The highest BCUT2D eigenvalue weighted by Gasteiger charge is 2.47. The zero-order chi connectivity index (χ0) is 17.0. The molecule has 1 heterocycles. The van der Waals surface area contributed by atoms with E-state index in [-0.39, 0.29) is 25.1 Å². The number of alkyl halides is 1. The first-order chi connectivity index (χ1) is 10.9. The number of rotatable bonds is 3. The van der Waals surface area contributed by atoms with Gasteiger partial charge in [-0.25, -0.2) is 9.18 Å². The summed E-state index contributed by atoms with van der Waals surface area (Å²) in [6.07, 6.45) is -0.499. The van der Waals surface area contributed by atoms with E-state index in [2.05, 4.69) is 6.58 Å². The summed E-state index contributed by atoms with van der Waals surface area (Å²) in [4.78, 5) is 37.7. The Morgan fingerprint density at radius 2 is 1.96 bits per heavy atom. The van der Waals surface area contributed by atoms with Crippen molar-refractivity contribution >= 4 is 17.9 Å². The van der Waals surface area contributed by atoms with Gasteiger partial charge in [-0.05, 0) is 12.1 Å². The minimum absolute atomic E-state index is 0.136. The van der Waals surface area contributed by atoms with Crippen molar-refractivity contribution in [2.45, 2.75) is 12.1 Å². The number of nitrogens with zero attached hydrogens (tertiary/aromatic N) is 2. The van der Waals surface area contributed by atoms with Crippen molar-refractivity contribution in [2.24, 2.45) is 0 Å². The Balaban J connectivity index is 2.36. The number of hydrogen-bond donors (Lipinski definition) is 1. The first-order valence-electron chi connectivity index (χ1n) is 7.08. The van der Waals surface area contributed by atoms with E-state index in [0.29, 0.717) is 0 Å². The normalized spacial score (nSPS) is 21.7. The molecular formula is C16H17FN2O4. The number of halogens is 1. The highest BCUT2D eigenvalue weighted by Crippen LogP contribution is 2.26. The number of hydrogen-bond acceptors (Lipinski definition) is 3. The summed E-state index contributed by atoms with van der Waals surface area (Å²) in [7, 11) is 0. The number of carbonyl (C=O) groups excluding carboxylic acids is 2. The summed E-state index contributed by atoms with van der Waals surface area (Å²) < 4.78 is 15.0.